The number of carbonyl (C=O) groups is 3. The molecule has 0 bridgehead atoms. The predicted octanol–water partition coefficient (Wildman–Crippen LogP) is 7.11. The average Bonchev–Trinajstić information content (AvgIpc) is 4.10. The second kappa shape index (κ2) is 16.7. The van der Waals surface area contributed by atoms with Crippen LogP contribution in [0.15, 0.2) is 72.8 Å². The molecule has 2 aliphatic heterocycles. The molecular weight excluding hydrogens is 652 g/mol. The molecule has 3 aromatic carbocycles. The van der Waals surface area contributed by atoms with Crippen LogP contribution in [-0.4, -0.2) is 68.8 Å². The first-order valence-electron chi connectivity index (χ1n) is 18.4. The number of rotatable bonds is 17. The number of unbranched alkanes of at least 4 members (excludes halogenated alkanes) is 2. The van der Waals surface area contributed by atoms with Crippen molar-refractivity contribution in [3.05, 3.63) is 78.4 Å². The number of epoxide rings is 2. The smallest absolute Gasteiger partial charge is 0.343 e. The number of hydrogen-bond donors (Lipinski definition) is 0. The topological polar surface area (TPSA) is 122 Å². The lowest BCUT2D eigenvalue weighted by Gasteiger charge is -2.17. The number of esters is 3. The summed E-state index contributed by atoms with van der Waals surface area (Å²) in [6.45, 7) is 1.84. The largest absolute Gasteiger partial charge is 0.494 e. The Morgan fingerprint density at radius 3 is 1.41 bits per heavy atom. The van der Waals surface area contributed by atoms with Crippen LogP contribution in [0.2, 0.25) is 0 Å². The Labute approximate surface area is 298 Å². The molecule has 7 rings (SSSR count). The Morgan fingerprint density at radius 1 is 0.510 bits per heavy atom. The minimum Gasteiger partial charge on any atom is -0.494 e. The summed E-state index contributed by atoms with van der Waals surface area (Å²) < 4.78 is 39.2. The van der Waals surface area contributed by atoms with Crippen molar-refractivity contribution < 1.29 is 47.5 Å². The van der Waals surface area contributed by atoms with Crippen LogP contribution in [0.25, 0.3) is 11.1 Å². The van der Waals surface area contributed by atoms with Crippen molar-refractivity contribution in [3.63, 3.8) is 0 Å². The number of carbonyl (C=O) groups excluding carboxylic acids is 3. The maximum Gasteiger partial charge on any atom is 0.343 e. The van der Waals surface area contributed by atoms with E-state index < -0.39 is 5.97 Å². The van der Waals surface area contributed by atoms with Crippen molar-refractivity contribution in [1.29, 1.82) is 0 Å². The van der Waals surface area contributed by atoms with Gasteiger partial charge in [0.25, 0.3) is 0 Å². The van der Waals surface area contributed by atoms with Crippen LogP contribution in [0.1, 0.15) is 74.6 Å². The second-order valence-electron chi connectivity index (χ2n) is 13.9. The molecule has 4 fully saturated rings. The number of fused-ring (bicyclic) bond motifs is 2. The first kappa shape index (κ1) is 35.0. The summed E-state index contributed by atoms with van der Waals surface area (Å²) in [5.41, 5.74) is 2.42. The SMILES string of the molecule is O=C(Oc1ccc(-c2ccc(OCCCCOC(=O)C3CCC4OC4C3)cc2)cc1)c1ccc(OCCCCOC(=O)C2CCC3OC3C2)cc1. The minimum atomic E-state index is -0.451. The Morgan fingerprint density at radius 2 is 0.941 bits per heavy atom. The molecule has 6 unspecified atom stereocenters. The number of hydrogen-bond acceptors (Lipinski definition) is 10. The Bertz CT molecular complexity index is 1620. The van der Waals surface area contributed by atoms with Gasteiger partial charge in [-0.25, -0.2) is 4.79 Å². The highest BCUT2D eigenvalue weighted by Gasteiger charge is 2.47. The van der Waals surface area contributed by atoms with E-state index in [2.05, 4.69) is 0 Å². The van der Waals surface area contributed by atoms with E-state index in [1.165, 1.54) is 0 Å². The minimum absolute atomic E-state index is 0.0127. The fraction of sp³-hybridized carbons (Fsp3) is 0.488. The van der Waals surface area contributed by atoms with Crippen molar-refractivity contribution >= 4 is 17.9 Å². The molecule has 0 aromatic heterocycles. The Kier molecular flexibility index (Phi) is 11.5. The molecule has 270 valence electrons. The van der Waals surface area contributed by atoms with Gasteiger partial charge in [0.05, 0.1) is 68.2 Å². The maximum absolute atomic E-state index is 12.7. The van der Waals surface area contributed by atoms with Gasteiger partial charge < -0.3 is 33.2 Å². The molecule has 10 heteroatoms. The highest BCUT2D eigenvalue weighted by atomic mass is 16.6. The van der Waals surface area contributed by atoms with E-state index in [4.69, 9.17) is 33.2 Å². The molecule has 0 radical (unpaired) electrons. The quantitative estimate of drug-likeness (QED) is 0.0624. The normalized spacial score (nSPS) is 24.3. The summed E-state index contributed by atoms with van der Waals surface area (Å²) in [7, 11) is 0. The predicted molar refractivity (Wildman–Crippen MR) is 187 cm³/mol. The van der Waals surface area contributed by atoms with E-state index in [-0.39, 0.29) is 36.0 Å². The fourth-order valence-corrected chi connectivity index (χ4v) is 6.92. The summed E-state index contributed by atoms with van der Waals surface area (Å²) in [6.07, 6.45) is 9.59. The zero-order valence-electron chi connectivity index (χ0n) is 28.9. The molecule has 2 saturated carbocycles. The van der Waals surface area contributed by atoms with Crippen LogP contribution in [0, 0.1) is 11.8 Å². The molecule has 4 aliphatic rings. The molecule has 2 aliphatic carbocycles. The van der Waals surface area contributed by atoms with Crippen LogP contribution in [0.5, 0.6) is 17.2 Å². The van der Waals surface area contributed by atoms with Gasteiger partial charge in [-0.2, -0.15) is 0 Å². The lowest BCUT2D eigenvalue weighted by molar-refractivity contribution is -0.150. The van der Waals surface area contributed by atoms with Crippen molar-refractivity contribution in [1.82, 2.24) is 0 Å². The molecule has 3 aromatic rings. The second-order valence-corrected chi connectivity index (χ2v) is 13.9. The van der Waals surface area contributed by atoms with E-state index >= 15 is 0 Å². The van der Waals surface area contributed by atoms with Gasteiger partial charge in [0.1, 0.15) is 17.2 Å². The molecule has 0 amide bonds. The van der Waals surface area contributed by atoms with Gasteiger partial charge in [-0.1, -0.05) is 24.3 Å². The molecule has 0 spiro atoms. The third-order valence-electron chi connectivity index (χ3n) is 10.1. The molecular formula is C41H46O10. The summed E-state index contributed by atoms with van der Waals surface area (Å²) in [4.78, 5) is 37.2. The van der Waals surface area contributed by atoms with Crippen LogP contribution in [0.3, 0.4) is 0 Å². The van der Waals surface area contributed by atoms with E-state index in [1.54, 1.807) is 36.4 Å². The van der Waals surface area contributed by atoms with Crippen molar-refractivity contribution in [2.24, 2.45) is 11.8 Å². The number of ether oxygens (including phenoxy) is 7. The lowest BCUT2D eigenvalue weighted by Crippen LogP contribution is -2.24. The first-order chi connectivity index (χ1) is 25.0. The van der Waals surface area contributed by atoms with Crippen molar-refractivity contribution in [3.8, 4) is 28.4 Å². The summed E-state index contributed by atoms with van der Waals surface area (Å²) in [6, 6.07) is 22.1. The van der Waals surface area contributed by atoms with Gasteiger partial charge in [-0.3, -0.25) is 9.59 Å². The Hall–Kier alpha value is -4.41. The van der Waals surface area contributed by atoms with Gasteiger partial charge in [0.15, 0.2) is 0 Å². The van der Waals surface area contributed by atoms with Gasteiger partial charge in [0, 0.05) is 0 Å². The highest BCUT2D eigenvalue weighted by Crippen LogP contribution is 2.40. The molecule has 51 heavy (non-hydrogen) atoms. The van der Waals surface area contributed by atoms with Crippen LogP contribution < -0.4 is 14.2 Å². The van der Waals surface area contributed by atoms with Gasteiger partial charge in [-0.15, -0.1) is 0 Å². The molecule has 6 atom stereocenters. The lowest BCUT2D eigenvalue weighted by atomic mass is 9.89. The van der Waals surface area contributed by atoms with Crippen LogP contribution >= 0.6 is 0 Å². The van der Waals surface area contributed by atoms with Gasteiger partial charge >= 0.3 is 17.9 Å². The fourth-order valence-electron chi connectivity index (χ4n) is 6.92. The number of benzene rings is 3. The summed E-state index contributed by atoms with van der Waals surface area (Å²) in [5.74, 6) is 1.20. The zero-order valence-corrected chi connectivity index (χ0v) is 28.9. The van der Waals surface area contributed by atoms with Crippen molar-refractivity contribution in [2.75, 3.05) is 26.4 Å². The third kappa shape index (κ3) is 9.89. The molecule has 0 N–H and O–H groups in total. The molecule has 10 nitrogen and oxygen atoms in total. The monoisotopic (exact) mass is 698 g/mol. The summed E-state index contributed by atoms with van der Waals surface area (Å²) >= 11 is 0. The summed E-state index contributed by atoms with van der Waals surface area (Å²) in [5, 5.41) is 0. The highest BCUT2D eigenvalue weighted by molar-refractivity contribution is 5.91. The molecule has 2 saturated heterocycles. The molecule has 2 heterocycles. The van der Waals surface area contributed by atoms with E-state index in [0.717, 1.165) is 81.1 Å². The first-order valence-corrected chi connectivity index (χ1v) is 18.4. The Balaban J connectivity index is 0.752. The van der Waals surface area contributed by atoms with E-state index in [1.807, 2.05) is 36.4 Å². The average molecular weight is 699 g/mol. The van der Waals surface area contributed by atoms with Gasteiger partial charge in [0.2, 0.25) is 0 Å². The van der Waals surface area contributed by atoms with Crippen molar-refractivity contribution in [2.45, 2.75) is 88.6 Å². The van der Waals surface area contributed by atoms with Crippen LogP contribution in [-0.2, 0) is 28.5 Å². The third-order valence-corrected chi connectivity index (χ3v) is 10.1. The zero-order chi connectivity index (χ0) is 35.0. The maximum atomic E-state index is 12.7. The standard InChI is InChI=1S/C41H46O10/c42-39(30-11-19-35-37(25-30)50-35)47-23-3-1-21-45-32-13-5-27(6-14-32)28-7-17-34(18-8-28)49-41(44)29-9-15-33(16-10-29)46-22-2-4-24-48-40(43)31-12-20-36-38(26-31)51-36/h5-10,13-18,30-31,35-38H,1-4,11-12,19-26H2. The van der Waals surface area contributed by atoms with Crippen LogP contribution in [0.4, 0.5) is 0 Å². The van der Waals surface area contributed by atoms with E-state index in [9.17, 15) is 14.4 Å². The van der Waals surface area contributed by atoms with E-state index in [0.29, 0.717) is 55.7 Å². The van der Waals surface area contributed by atoms with Gasteiger partial charge in [-0.05, 0) is 124 Å².